The Balaban J connectivity index is 2.39. The van der Waals surface area contributed by atoms with E-state index in [-0.39, 0.29) is 12.1 Å². The number of alkyl carbamates (subject to hydrolysis) is 1. The van der Waals surface area contributed by atoms with Crippen LogP contribution in [0, 0.1) is 11.8 Å². The minimum Gasteiger partial charge on any atom is -0.444 e. The van der Waals surface area contributed by atoms with E-state index in [4.69, 9.17) is 4.74 Å². The fraction of sp³-hybridized carbons (Fsp3) is 0.917. The van der Waals surface area contributed by atoms with Crippen molar-refractivity contribution in [3.05, 3.63) is 0 Å². The number of nitrogens with one attached hydrogen (secondary N) is 1. The van der Waals surface area contributed by atoms with Crippen LogP contribution in [-0.2, 0) is 4.74 Å². The lowest BCUT2D eigenvalue weighted by Crippen LogP contribution is -2.40. The molecule has 1 aliphatic carbocycles. The molecule has 1 fully saturated rings. The maximum absolute atomic E-state index is 11.5. The SMILES string of the molecule is CC1C[C@H](NC(=O)OC(C)(C)C)[C@@H](C)C1. The van der Waals surface area contributed by atoms with E-state index in [2.05, 4.69) is 19.2 Å². The molecule has 15 heavy (non-hydrogen) atoms. The third kappa shape index (κ3) is 4.10. The zero-order chi connectivity index (χ0) is 11.6. The Morgan fingerprint density at radius 2 is 1.87 bits per heavy atom. The number of carbonyl (C=O) groups excluding carboxylic acids is 1. The zero-order valence-corrected chi connectivity index (χ0v) is 10.5. The number of amides is 1. The van der Waals surface area contributed by atoms with Crippen LogP contribution in [0.5, 0.6) is 0 Å². The van der Waals surface area contributed by atoms with Gasteiger partial charge in [0, 0.05) is 6.04 Å². The first-order valence-electron chi connectivity index (χ1n) is 5.77. The van der Waals surface area contributed by atoms with Gasteiger partial charge in [-0.05, 0) is 45.4 Å². The number of carbonyl (C=O) groups is 1. The van der Waals surface area contributed by atoms with Crippen LogP contribution in [0.4, 0.5) is 4.79 Å². The Morgan fingerprint density at radius 3 is 2.27 bits per heavy atom. The van der Waals surface area contributed by atoms with E-state index >= 15 is 0 Å². The van der Waals surface area contributed by atoms with Gasteiger partial charge in [0.1, 0.15) is 5.60 Å². The Labute approximate surface area is 92.6 Å². The summed E-state index contributed by atoms with van der Waals surface area (Å²) in [5, 5.41) is 2.95. The molecule has 0 aromatic carbocycles. The predicted molar refractivity (Wildman–Crippen MR) is 60.7 cm³/mol. The van der Waals surface area contributed by atoms with Gasteiger partial charge < -0.3 is 10.1 Å². The standard InChI is InChI=1S/C12H23NO2/c1-8-6-9(2)10(7-8)13-11(14)15-12(3,4)5/h8-10H,6-7H2,1-5H3,(H,13,14)/t8?,9-,10-/m0/s1. The van der Waals surface area contributed by atoms with E-state index in [0.29, 0.717) is 11.8 Å². The molecule has 0 spiro atoms. The third-order valence-electron chi connectivity index (χ3n) is 2.82. The number of rotatable bonds is 1. The summed E-state index contributed by atoms with van der Waals surface area (Å²) in [7, 11) is 0. The van der Waals surface area contributed by atoms with Crippen molar-refractivity contribution in [1.29, 1.82) is 0 Å². The Morgan fingerprint density at radius 1 is 1.27 bits per heavy atom. The quantitative estimate of drug-likeness (QED) is 0.727. The van der Waals surface area contributed by atoms with Gasteiger partial charge in [-0.2, -0.15) is 0 Å². The van der Waals surface area contributed by atoms with Crippen LogP contribution in [0.15, 0.2) is 0 Å². The van der Waals surface area contributed by atoms with Gasteiger partial charge in [-0.15, -0.1) is 0 Å². The van der Waals surface area contributed by atoms with Gasteiger partial charge in [0.15, 0.2) is 0 Å². The smallest absolute Gasteiger partial charge is 0.407 e. The molecule has 1 amide bonds. The fourth-order valence-electron chi connectivity index (χ4n) is 2.22. The van der Waals surface area contributed by atoms with Crippen molar-refractivity contribution in [2.24, 2.45) is 11.8 Å². The van der Waals surface area contributed by atoms with Gasteiger partial charge in [0.05, 0.1) is 0 Å². The summed E-state index contributed by atoms with van der Waals surface area (Å²) < 4.78 is 5.23. The van der Waals surface area contributed by atoms with Crippen LogP contribution in [0.25, 0.3) is 0 Å². The van der Waals surface area contributed by atoms with Crippen LogP contribution < -0.4 is 5.32 Å². The summed E-state index contributed by atoms with van der Waals surface area (Å²) in [5.41, 5.74) is -0.405. The molecule has 3 atom stereocenters. The first kappa shape index (κ1) is 12.3. The molecule has 0 saturated heterocycles. The van der Waals surface area contributed by atoms with Crippen molar-refractivity contribution in [3.63, 3.8) is 0 Å². The molecule has 0 bridgehead atoms. The molecule has 0 heterocycles. The molecule has 1 N–H and O–H groups in total. The zero-order valence-electron chi connectivity index (χ0n) is 10.5. The van der Waals surface area contributed by atoms with Crippen molar-refractivity contribution in [3.8, 4) is 0 Å². The Bertz CT molecular complexity index is 232. The molecule has 88 valence electrons. The maximum Gasteiger partial charge on any atom is 0.407 e. The molecule has 0 aromatic heterocycles. The molecule has 1 aliphatic rings. The van der Waals surface area contributed by atoms with Crippen molar-refractivity contribution in [2.75, 3.05) is 0 Å². The lowest BCUT2D eigenvalue weighted by atomic mass is 10.1. The van der Waals surface area contributed by atoms with E-state index < -0.39 is 5.60 Å². The highest BCUT2D eigenvalue weighted by Gasteiger charge is 2.30. The van der Waals surface area contributed by atoms with Crippen molar-refractivity contribution in [1.82, 2.24) is 5.32 Å². The molecule has 0 radical (unpaired) electrons. The average molecular weight is 213 g/mol. The van der Waals surface area contributed by atoms with E-state index in [1.54, 1.807) is 0 Å². The fourth-order valence-corrected chi connectivity index (χ4v) is 2.22. The molecule has 0 aliphatic heterocycles. The summed E-state index contributed by atoms with van der Waals surface area (Å²) in [6.45, 7) is 10.1. The summed E-state index contributed by atoms with van der Waals surface area (Å²) in [4.78, 5) is 11.5. The van der Waals surface area contributed by atoms with Crippen LogP contribution in [0.2, 0.25) is 0 Å². The second kappa shape index (κ2) is 4.42. The molecule has 1 rings (SSSR count). The second-order valence-electron chi connectivity index (χ2n) is 5.81. The van der Waals surface area contributed by atoms with Crippen LogP contribution >= 0.6 is 0 Å². The predicted octanol–water partition coefficient (Wildman–Crippen LogP) is 2.95. The topological polar surface area (TPSA) is 38.3 Å². The molecule has 3 heteroatoms. The maximum atomic E-state index is 11.5. The largest absolute Gasteiger partial charge is 0.444 e. The summed E-state index contributed by atoms with van der Waals surface area (Å²) in [6.07, 6.45) is 1.98. The highest BCUT2D eigenvalue weighted by atomic mass is 16.6. The van der Waals surface area contributed by atoms with Gasteiger partial charge in [0.25, 0.3) is 0 Å². The summed E-state index contributed by atoms with van der Waals surface area (Å²) >= 11 is 0. The second-order valence-corrected chi connectivity index (χ2v) is 5.81. The lowest BCUT2D eigenvalue weighted by molar-refractivity contribution is 0.0494. The molecule has 0 aromatic rings. The van der Waals surface area contributed by atoms with E-state index in [0.717, 1.165) is 6.42 Å². The van der Waals surface area contributed by atoms with Crippen molar-refractivity contribution in [2.45, 2.75) is 59.1 Å². The lowest BCUT2D eigenvalue weighted by Gasteiger charge is -2.23. The van der Waals surface area contributed by atoms with Gasteiger partial charge in [-0.3, -0.25) is 0 Å². The van der Waals surface area contributed by atoms with Gasteiger partial charge in [0.2, 0.25) is 0 Å². The number of ether oxygens (including phenoxy) is 1. The van der Waals surface area contributed by atoms with Crippen LogP contribution in [0.3, 0.4) is 0 Å². The molecule has 1 saturated carbocycles. The average Bonchev–Trinajstić information content (AvgIpc) is 2.25. The van der Waals surface area contributed by atoms with Gasteiger partial charge >= 0.3 is 6.09 Å². The third-order valence-corrected chi connectivity index (χ3v) is 2.82. The van der Waals surface area contributed by atoms with E-state index in [1.165, 1.54) is 6.42 Å². The normalized spacial score (nSPS) is 31.4. The monoisotopic (exact) mass is 213 g/mol. The summed E-state index contributed by atoms with van der Waals surface area (Å²) in [5.74, 6) is 1.27. The Hall–Kier alpha value is -0.730. The molecular weight excluding hydrogens is 190 g/mol. The summed E-state index contributed by atoms with van der Waals surface area (Å²) in [6, 6.07) is 0.287. The number of hydrogen-bond acceptors (Lipinski definition) is 2. The highest BCUT2D eigenvalue weighted by molar-refractivity contribution is 5.68. The van der Waals surface area contributed by atoms with Gasteiger partial charge in [-0.25, -0.2) is 4.79 Å². The van der Waals surface area contributed by atoms with Crippen molar-refractivity contribution < 1.29 is 9.53 Å². The first-order chi connectivity index (χ1) is 6.78. The molecular formula is C12H23NO2. The first-order valence-corrected chi connectivity index (χ1v) is 5.77. The van der Waals surface area contributed by atoms with Crippen LogP contribution in [0.1, 0.15) is 47.5 Å². The van der Waals surface area contributed by atoms with Gasteiger partial charge in [-0.1, -0.05) is 13.8 Å². The van der Waals surface area contributed by atoms with E-state index in [1.807, 2.05) is 20.8 Å². The highest BCUT2D eigenvalue weighted by Crippen LogP contribution is 2.30. The molecule has 3 nitrogen and oxygen atoms in total. The minimum atomic E-state index is -0.405. The minimum absolute atomic E-state index is 0.284. The van der Waals surface area contributed by atoms with Crippen LogP contribution in [-0.4, -0.2) is 17.7 Å². The van der Waals surface area contributed by atoms with E-state index in [9.17, 15) is 4.79 Å². The Kier molecular flexibility index (Phi) is 3.63. The molecule has 1 unspecified atom stereocenters. The van der Waals surface area contributed by atoms with Crippen molar-refractivity contribution >= 4 is 6.09 Å². The number of hydrogen-bond donors (Lipinski definition) is 1.